The number of alkyl halides is 2. The average molecular weight is 460 g/mol. The molecule has 0 aliphatic heterocycles. The van der Waals surface area contributed by atoms with Crippen LogP contribution in [0.3, 0.4) is 0 Å². The molecule has 0 saturated heterocycles. The van der Waals surface area contributed by atoms with Crippen molar-refractivity contribution in [3.8, 4) is 16.9 Å². The van der Waals surface area contributed by atoms with Crippen LogP contribution in [0, 0.1) is 30.3 Å². The van der Waals surface area contributed by atoms with E-state index in [0.717, 1.165) is 30.9 Å². The molecule has 3 aromatic rings. The second-order valence-corrected chi connectivity index (χ2v) is 8.90. The van der Waals surface area contributed by atoms with Crippen molar-refractivity contribution in [2.24, 2.45) is 5.92 Å². The molecule has 0 unspecified atom stereocenters. The molecule has 1 aliphatic rings. The Kier molecular flexibility index (Phi) is 6.46. The summed E-state index contributed by atoms with van der Waals surface area (Å²) >= 11 is 0. The van der Waals surface area contributed by atoms with Crippen molar-refractivity contribution < 1.29 is 26.7 Å². The summed E-state index contributed by atoms with van der Waals surface area (Å²) < 4.78 is 75.6. The minimum atomic E-state index is -4.11. The predicted octanol–water partition coefficient (Wildman–Crippen LogP) is 8.50. The van der Waals surface area contributed by atoms with Gasteiger partial charge in [-0.05, 0) is 60.4 Å². The summed E-state index contributed by atoms with van der Waals surface area (Å²) in [7, 11) is 0. The fraction of sp³-hybridized carbons (Fsp3) is 0.333. The van der Waals surface area contributed by atoms with Crippen LogP contribution in [0.1, 0.15) is 55.2 Å². The topological polar surface area (TPSA) is 9.23 Å². The standard InChI is InChI=1S/C27H25F5O/c1-16-3-5-18(6-4-16)19-7-9-20(10-8-19)21-11-12-23(26(30)13-21)27(31,32)33-22-14-24(28)17(2)25(29)15-22/h7-16,18H,3-6H2,1-2H3. The number of ether oxygens (including phenoxy) is 1. The van der Waals surface area contributed by atoms with Crippen LogP contribution in [0.2, 0.25) is 0 Å². The van der Waals surface area contributed by atoms with Gasteiger partial charge in [0.2, 0.25) is 0 Å². The van der Waals surface area contributed by atoms with Gasteiger partial charge in [0.05, 0.1) is 5.56 Å². The van der Waals surface area contributed by atoms with E-state index in [1.54, 1.807) is 0 Å². The molecule has 33 heavy (non-hydrogen) atoms. The lowest BCUT2D eigenvalue weighted by molar-refractivity contribution is -0.187. The van der Waals surface area contributed by atoms with Crippen molar-refractivity contribution >= 4 is 0 Å². The van der Waals surface area contributed by atoms with E-state index >= 15 is 0 Å². The number of benzene rings is 3. The second kappa shape index (κ2) is 9.16. The smallest absolute Gasteiger partial charge is 0.429 e. The van der Waals surface area contributed by atoms with Gasteiger partial charge in [0.1, 0.15) is 23.2 Å². The molecule has 6 heteroatoms. The summed E-state index contributed by atoms with van der Waals surface area (Å²) in [5.74, 6) is -2.67. The minimum absolute atomic E-state index is 0.315. The monoisotopic (exact) mass is 460 g/mol. The van der Waals surface area contributed by atoms with Crippen LogP contribution >= 0.6 is 0 Å². The molecular formula is C27H25F5O. The van der Waals surface area contributed by atoms with Crippen molar-refractivity contribution in [1.82, 2.24) is 0 Å². The van der Waals surface area contributed by atoms with Gasteiger partial charge in [0, 0.05) is 17.7 Å². The lowest BCUT2D eigenvalue weighted by Gasteiger charge is -2.26. The first kappa shape index (κ1) is 23.3. The molecule has 1 saturated carbocycles. The molecule has 1 aliphatic carbocycles. The number of rotatable bonds is 5. The van der Waals surface area contributed by atoms with Crippen molar-refractivity contribution in [1.29, 1.82) is 0 Å². The minimum Gasteiger partial charge on any atom is -0.429 e. The molecular weight excluding hydrogens is 435 g/mol. The van der Waals surface area contributed by atoms with Gasteiger partial charge in [-0.15, -0.1) is 0 Å². The first-order chi connectivity index (χ1) is 15.6. The first-order valence-electron chi connectivity index (χ1n) is 11.1. The summed E-state index contributed by atoms with van der Waals surface area (Å²) in [6, 6.07) is 12.4. The first-order valence-corrected chi connectivity index (χ1v) is 11.1. The van der Waals surface area contributed by atoms with Crippen molar-refractivity contribution in [3.63, 3.8) is 0 Å². The Morgan fingerprint density at radius 1 is 0.758 bits per heavy atom. The Morgan fingerprint density at radius 2 is 1.33 bits per heavy atom. The zero-order chi connectivity index (χ0) is 23.8. The number of hydrogen-bond acceptors (Lipinski definition) is 1. The Labute approximate surface area is 190 Å². The van der Waals surface area contributed by atoms with E-state index in [1.165, 1.54) is 31.4 Å². The molecule has 0 amide bonds. The molecule has 174 valence electrons. The van der Waals surface area contributed by atoms with E-state index < -0.39 is 34.9 Å². The third-order valence-electron chi connectivity index (χ3n) is 6.51. The average Bonchev–Trinajstić information content (AvgIpc) is 2.77. The quantitative estimate of drug-likeness (QED) is 0.347. The van der Waals surface area contributed by atoms with E-state index in [4.69, 9.17) is 0 Å². The molecule has 1 fully saturated rings. The van der Waals surface area contributed by atoms with E-state index in [9.17, 15) is 22.0 Å². The van der Waals surface area contributed by atoms with Crippen molar-refractivity contribution in [2.45, 2.75) is 51.6 Å². The number of hydrogen-bond donors (Lipinski definition) is 0. The van der Waals surface area contributed by atoms with Crippen LogP contribution in [-0.2, 0) is 6.11 Å². The van der Waals surface area contributed by atoms with E-state index in [1.807, 2.05) is 24.3 Å². The molecule has 0 heterocycles. The van der Waals surface area contributed by atoms with Gasteiger partial charge in [-0.25, -0.2) is 13.2 Å². The molecule has 0 bridgehead atoms. The van der Waals surface area contributed by atoms with Crippen LogP contribution in [0.5, 0.6) is 5.75 Å². The predicted molar refractivity (Wildman–Crippen MR) is 118 cm³/mol. The molecule has 3 aromatic carbocycles. The zero-order valence-electron chi connectivity index (χ0n) is 18.5. The molecule has 0 spiro atoms. The largest absolute Gasteiger partial charge is 0.429 e. The van der Waals surface area contributed by atoms with Crippen molar-refractivity contribution in [2.75, 3.05) is 0 Å². The molecule has 0 N–H and O–H groups in total. The summed E-state index contributed by atoms with van der Waals surface area (Å²) in [6.07, 6.45) is 0.592. The van der Waals surface area contributed by atoms with E-state index in [0.29, 0.717) is 29.2 Å². The summed E-state index contributed by atoms with van der Waals surface area (Å²) in [4.78, 5) is 0. The maximum absolute atomic E-state index is 14.7. The number of halogens is 5. The van der Waals surface area contributed by atoms with Crippen LogP contribution in [0.25, 0.3) is 11.1 Å². The van der Waals surface area contributed by atoms with Gasteiger partial charge in [0.25, 0.3) is 0 Å². The third kappa shape index (κ3) is 5.05. The third-order valence-corrected chi connectivity index (χ3v) is 6.51. The highest BCUT2D eigenvalue weighted by atomic mass is 19.3. The van der Waals surface area contributed by atoms with E-state index in [-0.39, 0.29) is 5.56 Å². The molecule has 0 atom stereocenters. The van der Waals surface area contributed by atoms with Gasteiger partial charge >= 0.3 is 6.11 Å². The Hall–Kier alpha value is -2.89. The highest BCUT2D eigenvalue weighted by molar-refractivity contribution is 5.64. The van der Waals surface area contributed by atoms with Gasteiger partial charge in [-0.2, -0.15) is 8.78 Å². The van der Waals surface area contributed by atoms with E-state index in [2.05, 4.69) is 11.7 Å². The Morgan fingerprint density at radius 3 is 1.91 bits per heavy atom. The molecule has 0 radical (unpaired) electrons. The van der Waals surface area contributed by atoms with Crippen molar-refractivity contribution in [3.05, 3.63) is 88.7 Å². The fourth-order valence-electron chi connectivity index (χ4n) is 4.36. The summed E-state index contributed by atoms with van der Waals surface area (Å²) in [5, 5.41) is 0. The lowest BCUT2D eigenvalue weighted by atomic mass is 9.79. The zero-order valence-corrected chi connectivity index (χ0v) is 18.5. The normalized spacial score (nSPS) is 18.9. The molecule has 1 nitrogen and oxygen atoms in total. The Balaban J connectivity index is 1.52. The fourth-order valence-corrected chi connectivity index (χ4v) is 4.36. The summed E-state index contributed by atoms with van der Waals surface area (Å²) in [5.41, 5.74) is 1.06. The SMILES string of the molecule is Cc1c(F)cc(OC(F)(F)c2ccc(-c3ccc(C4CCC(C)CC4)cc3)cc2F)cc1F. The molecule has 4 rings (SSSR count). The van der Waals surface area contributed by atoms with Crippen LogP contribution in [-0.4, -0.2) is 0 Å². The highest BCUT2D eigenvalue weighted by Gasteiger charge is 2.38. The van der Waals surface area contributed by atoms with Crippen LogP contribution in [0.4, 0.5) is 22.0 Å². The van der Waals surface area contributed by atoms with Gasteiger partial charge in [-0.1, -0.05) is 50.1 Å². The Bertz CT molecular complexity index is 1110. The van der Waals surface area contributed by atoms with Crippen LogP contribution in [0.15, 0.2) is 54.6 Å². The van der Waals surface area contributed by atoms with Gasteiger partial charge in [-0.3, -0.25) is 0 Å². The lowest BCUT2D eigenvalue weighted by Crippen LogP contribution is -2.23. The van der Waals surface area contributed by atoms with Crippen LogP contribution < -0.4 is 4.74 Å². The second-order valence-electron chi connectivity index (χ2n) is 8.90. The highest BCUT2D eigenvalue weighted by Crippen LogP contribution is 2.38. The van der Waals surface area contributed by atoms with Gasteiger partial charge < -0.3 is 4.74 Å². The summed E-state index contributed by atoms with van der Waals surface area (Å²) in [6.45, 7) is 3.44. The maximum Gasteiger partial charge on any atom is 0.429 e. The maximum atomic E-state index is 14.7. The molecule has 0 aromatic heterocycles. The van der Waals surface area contributed by atoms with Gasteiger partial charge in [0.15, 0.2) is 0 Å².